The number of hydrogen-bond acceptors (Lipinski definition) is 3. The fourth-order valence-electron chi connectivity index (χ4n) is 3.20. The molecule has 2 aromatic heterocycles. The molecule has 0 bridgehead atoms. The number of para-hydroxylation sites is 1. The molecule has 0 aliphatic heterocycles. The molecular weight excluding hydrogens is 292 g/mol. The number of ether oxygens (including phenoxy) is 2. The van der Waals surface area contributed by atoms with Crippen molar-refractivity contribution in [2.45, 2.75) is 0 Å². The second kappa shape index (κ2) is 4.78. The minimum absolute atomic E-state index is 0.0304. The average Bonchev–Trinajstić information content (AvgIpc) is 2.97. The van der Waals surface area contributed by atoms with Gasteiger partial charge in [0.1, 0.15) is 0 Å². The summed E-state index contributed by atoms with van der Waals surface area (Å²) in [5, 5.41) is 2.52. The number of benzene rings is 2. The normalized spacial score (nSPS) is 11.4. The summed E-state index contributed by atoms with van der Waals surface area (Å²) in [6.45, 7) is 0. The predicted molar refractivity (Wildman–Crippen MR) is 91.7 cm³/mol. The maximum absolute atomic E-state index is 12.8. The van der Waals surface area contributed by atoms with Crippen LogP contribution in [-0.2, 0) is 7.05 Å². The Kier molecular flexibility index (Phi) is 2.84. The summed E-state index contributed by atoms with van der Waals surface area (Å²) in [6.07, 6.45) is 0. The van der Waals surface area contributed by atoms with E-state index in [0.29, 0.717) is 16.9 Å². The number of nitrogens with zero attached hydrogens (tertiary/aromatic N) is 1. The van der Waals surface area contributed by atoms with Gasteiger partial charge < -0.3 is 19.0 Å². The van der Waals surface area contributed by atoms with Crippen LogP contribution in [0, 0.1) is 0 Å². The first-order valence-corrected chi connectivity index (χ1v) is 7.31. The van der Waals surface area contributed by atoms with Crippen LogP contribution in [0.4, 0.5) is 0 Å². The van der Waals surface area contributed by atoms with E-state index in [4.69, 9.17) is 9.47 Å². The lowest BCUT2D eigenvalue weighted by atomic mass is 10.1. The number of fused-ring (bicyclic) bond motifs is 5. The summed E-state index contributed by atoms with van der Waals surface area (Å²) < 4.78 is 12.4. The van der Waals surface area contributed by atoms with Crippen molar-refractivity contribution in [3.63, 3.8) is 0 Å². The number of nitrogens with one attached hydrogen (secondary N) is 1. The molecule has 0 radical (unpaired) electrons. The first kappa shape index (κ1) is 13.7. The van der Waals surface area contributed by atoms with E-state index in [0.717, 1.165) is 27.3 Å². The summed E-state index contributed by atoms with van der Waals surface area (Å²) in [6, 6.07) is 11.6. The molecule has 4 aromatic rings. The minimum atomic E-state index is -0.0304. The summed E-state index contributed by atoms with van der Waals surface area (Å²) in [5.41, 5.74) is 2.56. The zero-order valence-corrected chi connectivity index (χ0v) is 13.1. The van der Waals surface area contributed by atoms with Gasteiger partial charge in [-0.2, -0.15) is 0 Å². The molecule has 116 valence electrons. The molecule has 0 amide bonds. The Morgan fingerprint density at radius 3 is 2.43 bits per heavy atom. The molecule has 23 heavy (non-hydrogen) atoms. The minimum Gasteiger partial charge on any atom is -0.493 e. The number of H-pyrrole nitrogens is 1. The van der Waals surface area contributed by atoms with Gasteiger partial charge in [-0.3, -0.25) is 4.79 Å². The number of rotatable bonds is 2. The standard InChI is InChI=1S/C18H16N2O3/c1-20-13-7-5-4-6-10(13)17-16(18(20)21)11-8-14(22-2)15(23-3)9-12(11)19-17/h4-9,19H,1-3H3. The van der Waals surface area contributed by atoms with Crippen molar-refractivity contribution in [2.24, 2.45) is 7.05 Å². The lowest BCUT2D eigenvalue weighted by Gasteiger charge is -2.07. The van der Waals surface area contributed by atoms with Crippen molar-refractivity contribution in [3.05, 3.63) is 46.8 Å². The molecular formula is C18H16N2O3. The predicted octanol–water partition coefficient (Wildman–Crippen LogP) is 3.19. The first-order chi connectivity index (χ1) is 11.2. The largest absolute Gasteiger partial charge is 0.493 e. The lowest BCUT2D eigenvalue weighted by Crippen LogP contribution is -2.16. The Balaban J connectivity index is 2.28. The highest BCUT2D eigenvalue weighted by atomic mass is 16.5. The highest BCUT2D eigenvalue weighted by Crippen LogP contribution is 2.36. The molecule has 0 saturated heterocycles. The average molecular weight is 308 g/mol. The zero-order chi connectivity index (χ0) is 16.1. The van der Waals surface area contributed by atoms with Gasteiger partial charge in [0.25, 0.3) is 5.56 Å². The van der Waals surface area contributed by atoms with Gasteiger partial charge >= 0.3 is 0 Å². The van der Waals surface area contributed by atoms with E-state index in [1.54, 1.807) is 25.8 Å². The van der Waals surface area contributed by atoms with Gasteiger partial charge in [-0.15, -0.1) is 0 Å². The van der Waals surface area contributed by atoms with Crippen LogP contribution in [0.15, 0.2) is 41.2 Å². The summed E-state index contributed by atoms with van der Waals surface area (Å²) in [7, 11) is 4.98. The topological polar surface area (TPSA) is 56.2 Å². The van der Waals surface area contributed by atoms with Gasteiger partial charge in [0.2, 0.25) is 0 Å². The number of aromatic nitrogens is 2. The van der Waals surface area contributed by atoms with Gasteiger partial charge in [0, 0.05) is 23.9 Å². The molecule has 4 rings (SSSR count). The van der Waals surface area contributed by atoms with Crippen LogP contribution >= 0.6 is 0 Å². The Hall–Kier alpha value is -2.95. The zero-order valence-electron chi connectivity index (χ0n) is 13.1. The SMILES string of the molecule is COc1cc2[nH]c3c4ccccc4n(C)c(=O)c3c2cc1OC. The van der Waals surface area contributed by atoms with Crippen LogP contribution < -0.4 is 15.0 Å². The van der Waals surface area contributed by atoms with Gasteiger partial charge in [0.05, 0.1) is 36.2 Å². The van der Waals surface area contributed by atoms with Crippen molar-refractivity contribution < 1.29 is 9.47 Å². The monoisotopic (exact) mass is 308 g/mol. The van der Waals surface area contributed by atoms with E-state index in [2.05, 4.69) is 4.98 Å². The Morgan fingerprint density at radius 1 is 1.00 bits per heavy atom. The molecule has 1 N–H and O–H groups in total. The van der Waals surface area contributed by atoms with Gasteiger partial charge in [-0.05, 0) is 12.1 Å². The fourth-order valence-corrected chi connectivity index (χ4v) is 3.20. The van der Waals surface area contributed by atoms with Crippen LogP contribution in [0.5, 0.6) is 11.5 Å². The number of pyridine rings is 1. The number of aromatic amines is 1. The number of hydrogen-bond donors (Lipinski definition) is 1. The van der Waals surface area contributed by atoms with Crippen molar-refractivity contribution in [2.75, 3.05) is 14.2 Å². The van der Waals surface area contributed by atoms with Gasteiger partial charge in [-0.1, -0.05) is 18.2 Å². The Bertz CT molecular complexity index is 1120. The third-order valence-electron chi connectivity index (χ3n) is 4.36. The highest BCUT2D eigenvalue weighted by Gasteiger charge is 2.16. The maximum Gasteiger partial charge on any atom is 0.260 e. The highest BCUT2D eigenvalue weighted by molar-refractivity contribution is 6.16. The number of aryl methyl sites for hydroxylation is 1. The second-order valence-electron chi connectivity index (χ2n) is 5.51. The molecule has 0 unspecified atom stereocenters. The molecule has 0 fully saturated rings. The van der Waals surface area contributed by atoms with E-state index >= 15 is 0 Å². The molecule has 0 aliphatic rings. The molecule has 2 aromatic carbocycles. The van der Waals surface area contributed by atoms with Crippen molar-refractivity contribution in [1.82, 2.24) is 9.55 Å². The lowest BCUT2D eigenvalue weighted by molar-refractivity contribution is 0.356. The van der Waals surface area contributed by atoms with E-state index in [9.17, 15) is 4.79 Å². The van der Waals surface area contributed by atoms with Gasteiger partial charge in [0.15, 0.2) is 11.5 Å². The molecule has 5 nitrogen and oxygen atoms in total. The van der Waals surface area contributed by atoms with E-state index in [1.807, 2.05) is 36.4 Å². The van der Waals surface area contributed by atoms with Gasteiger partial charge in [-0.25, -0.2) is 0 Å². The van der Waals surface area contributed by atoms with E-state index < -0.39 is 0 Å². The second-order valence-corrected chi connectivity index (χ2v) is 5.51. The van der Waals surface area contributed by atoms with Crippen LogP contribution in [0.1, 0.15) is 0 Å². The van der Waals surface area contributed by atoms with Crippen molar-refractivity contribution in [3.8, 4) is 11.5 Å². The van der Waals surface area contributed by atoms with E-state index in [-0.39, 0.29) is 5.56 Å². The van der Waals surface area contributed by atoms with Crippen molar-refractivity contribution in [1.29, 1.82) is 0 Å². The van der Waals surface area contributed by atoms with Crippen LogP contribution in [0.3, 0.4) is 0 Å². The third kappa shape index (κ3) is 1.76. The molecule has 5 heteroatoms. The van der Waals surface area contributed by atoms with E-state index in [1.165, 1.54) is 0 Å². The fraction of sp³-hybridized carbons (Fsp3) is 0.167. The molecule has 2 heterocycles. The summed E-state index contributed by atoms with van der Waals surface area (Å²) >= 11 is 0. The molecule has 0 spiro atoms. The van der Waals surface area contributed by atoms with Crippen molar-refractivity contribution >= 4 is 32.7 Å². The quantitative estimate of drug-likeness (QED) is 0.619. The molecule has 0 aliphatic carbocycles. The maximum atomic E-state index is 12.8. The first-order valence-electron chi connectivity index (χ1n) is 7.31. The van der Waals surface area contributed by atoms with Crippen LogP contribution in [0.2, 0.25) is 0 Å². The van der Waals surface area contributed by atoms with Crippen LogP contribution in [-0.4, -0.2) is 23.8 Å². The number of methoxy groups -OCH3 is 2. The molecule has 0 atom stereocenters. The summed E-state index contributed by atoms with van der Waals surface area (Å²) in [5.74, 6) is 1.24. The Morgan fingerprint density at radius 2 is 1.70 bits per heavy atom. The Labute approximate surface area is 132 Å². The smallest absolute Gasteiger partial charge is 0.260 e. The molecule has 0 saturated carbocycles. The third-order valence-corrected chi connectivity index (χ3v) is 4.36. The van der Waals surface area contributed by atoms with Crippen LogP contribution in [0.25, 0.3) is 32.7 Å². The summed E-state index contributed by atoms with van der Waals surface area (Å²) in [4.78, 5) is 16.2.